The van der Waals surface area contributed by atoms with Crippen molar-refractivity contribution in [1.82, 2.24) is 4.90 Å². The van der Waals surface area contributed by atoms with E-state index in [1.54, 1.807) is 18.2 Å². The first-order chi connectivity index (χ1) is 15.9. The van der Waals surface area contributed by atoms with Gasteiger partial charge in [0.15, 0.2) is 21.4 Å². The minimum Gasteiger partial charge on any atom is -0.488 e. The molecule has 180 valence electrons. The molecule has 0 amide bonds. The Bertz CT molecular complexity index is 1060. The van der Waals surface area contributed by atoms with Crippen molar-refractivity contribution < 1.29 is 26.7 Å². The fraction of sp³-hybridized carbons (Fsp3) is 0.520. The summed E-state index contributed by atoms with van der Waals surface area (Å²) in [4.78, 5) is 2.16. The number of nitrogens with zero attached hydrogens (tertiary/aromatic N) is 1. The van der Waals surface area contributed by atoms with Crippen molar-refractivity contribution in [2.45, 2.75) is 54.7 Å². The van der Waals surface area contributed by atoms with Crippen LogP contribution in [0.4, 0.5) is 8.78 Å². The summed E-state index contributed by atoms with van der Waals surface area (Å²) >= 11 is 0. The van der Waals surface area contributed by atoms with Gasteiger partial charge in [-0.25, -0.2) is 17.2 Å². The fourth-order valence-corrected chi connectivity index (χ4v) is 7.55. The second-order valence-corrected chi connectivity index (χ2v) is 10.9. The van der Waals surface area contributed by atoms with Crippen LogP contribution in [0.2, 0.25) is 0 Å². The van der Waals surface area contributed by atoms with E-state index >= 15 is 4.39 Å². The lowest BCUT2D eigenvalue weighted by molar-refractivity contribution is 0.0348. The minimum absolute atomic E-state index is 0.0177. The third-order valence-electron chi connectivity index (χ3n) is 6.75. The van der Waals surface area contributed by atoms with Crippen molar-refractivity contribution in [3.63, 3.8) is 0 Å². The Morgan fingerprint density at radius 1 is 1.09 bits per heavy atom. The van der Waals surface area contributed by atoms with Gasteiger partial charge in [-0.1, -0.05) is 31.5 Å². The minimum atomic E-state index is -4.07. The molecule has 33 heavy (non-hydrogen) atoms. The summed E-state index contributed by atoms with van der Waals surface area (Å²) in [5, 5.41) is 0. The van der Waals surface area contributed by atoms with Gasteiger partial charge in [-0.15, -0.1) is 0 Å². The van der Waals surface area contributed by atoms with Crippen LogP contribution in [0.1, 0.15) is 44.6 Å². The molecule has 0 unspecified atom stereocenters. The summed E-state index contributed by atoms with van der Waals surface area (Å²) in [5.74, 6) is -1.77. The second kappa shape index (κ2) is 10.1. The van der Waals surface area contributed by atoms with E-state index in [-0.39, 0.29) is 29.2 Å². The van der Waals surface area contributed by atoms with Crippen LogP contribution in [-0.4, -0.2) is 52.3 Å². The second-order valence-electron chi connectivity index (χ2n) is 8.73. The molecule has 2 aromatic rings. The number of sulfone groups is 1. The van der Waals surface area contributed by atoms with E-state index in [1.807, 2.05) is 0 Å². The van der Waals surface area contributed by atoms with Crippen LogP contribution in [0.3, 0.4) is 0 Å². The third-order valence-corrected chi connectivity index (χ3v) is 9.28. The number of piperidine rings is 1. The number of hydrogen-bond donors (Lipinski definition) is 0. The van der Waals surface area contributed by atoms with Crippen molar-refractivity contribution in [3.8, 4) is 5.75 Å². The molecule has 0 bridgehead atoms. The Labute approximate surface area is 194 Å². The van der Waals surface area contributed by atoms with E-state index < -0.39 is 32.3 Å². The van der Waals surface area contributed by atoms with E-state index in [1.165, 1.54) is 12.1 Å². The van der Waals surface area contributed by atoms with E-state index in [9.17, 15) is 12.8 Å². The van der Waals surface area contributed by atoms with Crippen LogP contribution in [-0.2, 0) is 19.3 Å². The molecule has 2 aliphatic heterocycles. The maximum absolute atomic E-state index is 15.3. The van der Waals surface area contributed by atoms with Gasteiger partial charge in [0.2, 0.25) is 0 Å². The molecule has 0 N–H and O–H groups in total. The summed E-state index contributed by atoms with van der Waals surface area (Å²) < 4.78 is 68.1. The topological polar surface area (TPSA) is 55.8 Å². The lowest BCUT2D eigenvalue weighted by atomic mass is 9.80. The zero-order valence-electron chi connectivity index (χ0n) is 18.9. The predicted octanol–water partition coefficient (Wildman–Crippen LogP) is 4.70. The molecule has 0 spiro atoms. The van der Waals surface area contributed by atoms with Gasteiger partial charge in [0.05, 0.1) is 16.5 Å². The van der Waals surface area contributed by atoms with Gasteiger partial charge < -0.3 is 9.47 Å². The van der Waals surface area contributed by atoms with Crippen molar-refractivity contribution in [1.29, 1.82) is 0 Å². The summed E-state index contributed by atoms with van der Waals surface area (Å²) in [6.07, 6.45) is 3.54. The van der Waals surface area contributed by atoms with Gasteiger partial charge in [-0.3, -0.25) is 4.90 Å². The lowest BCUT2D eigenvalue weighted by Gasteiger charge is -2.52. The third kappa shape index (κ3) is 4.29. The SMILES string of the molecule is CCCCOCCCN1CCC[C@@]2(S(=O)(=O)c3ccccc3)c3c(F)ccc(F)c3OC[C@@H]12. The predicted molar refractivity (Wildman–Crippen MR) is 122 cm³/mol. The molecule has 0 aromatic heterocycles. The number of ether oxygens (including phenoxy) is 2. The maximum Gasteiger partial charge on any atom is 0.190 e. The van der Waals surface area contributed by atoms with E-state index in [2.05, 4.69) is 11.8 Å². The van der Waals surface area contributed by atoms with Crippen molar-refractivity contribution in [2.24, 2.45) is 0 Å². The van der Waals surface area contributed by atoms with Crippen molar-refractivity contribution in [3.05, 3.63) is 59.7 Å². The quantitative estimate of drug-likeness (QED) is 0.488. The van der Waals surface area contributed by atoms with Crippen LogP contribution >= 0.6 is 0 Å². The average Bonchev–Trinajstić information content (AvgIpc) is 2.83. The van der Waals surface area contributed by atoms with Gasteiger partial charge in [0.25, 0.3) is 0 Å². The molecule has 2 atom stereocenters. The highest BCUT2D eigenvalue weighted by atomic mass is 32.2. The summed E-state index contributed by atoms with van der Waals surface area (Å²) in [6.45, 7) is 4.62. The lowest BCUT2D eigenvalue weighted by Crippen LogP contribution is -2.63. The first kappa shape index (κ1) is 24.1. The Kier molecular flexibility index (Phi) is 7.36. The van der Waals surface area contributed by atoms with Crippen molar-refractivity contribution >= 4 is 9.84 Å². The molecule has 1 saturated heterocycles. The highest BCUT2D eigenvalue weighted by Crippen LogP contribution is 2.53. The van der Waals surface area contributed by atoms with Gasteiger partial charge in [-0.2, -0.15) is 0 Å². The summed E-state index contributed by atoms with van der Waals surface area (Å²) in [6, 6.07) is 9.44. The normalized spacial score (nSPS) is 22.9. The van der Waals surface area contributed by atoms with Crippen LogP contribution in [0.25, 0.3) is 0 Å². The Morgan fingerprint density at radius 3 is 2.58 bits per heavy atom. The number of hydrogen-bond acceptors (Lipinski definition) is 5. The molecule has 2 aromatic carbocycles. The van der Waals surface area contributed by atoms with Crippen LogP contribution in [0, 0.1) is 11.6 Å². The smallest absolute Gasteiger partial charge is 0.190 e. The zero-order chi connectivity index (χ0) is 23.5. The van der Waals surface area contributed by atoms with Gasteiger partial charge in [-0.05, 0) is 56.5 Å². The molecule has 0 radical (unpaired) electrons. The molecule has 0 aliphatic carbocycles. The van der Waals surface area contributed by atoms with Crippen LogP contribution in [0.15, 0.2) is 47.4 Å². The monoisotopic (exact) mass is 479 g/mol. The molecular weight excluding hydrogens is 448 g/mol. The number of likely N-dealkylation sites (tertiary alicyclic amines) is 1. The maximum atomic E-state index is 15.3. The van der Waals surface area contributed by atoms with E-state index in [0.717, 1.165) is 31.4 Å². The highest BCUT2D eigenvalue weighted by molar-refractivity contribution is 7.92. The number of rotatable bonds is 9. The van der Waals surface area contributed by atoms with E-state index in [4.69, 9.17) is 9.47 Å². The number of benzene rings is 2. The van der Waals surface area contributed by atoms with Gasteiger partial charge >= 0.3 is 0 Å². The average molecular weight is 480 g/mol. The zero-order valence-corrected chi connectivity index (χ0v) is 19.8. The summed E-state index contributed by atoms with van der Waals surface area (Å²) in [7, 11) is -4.07. The molecule has 2 aliphatic rings. The molecule has 2 heterocycles. The number of fused-ring (bicyclic) bond motifs is 3. The summed E-state index contributed by atoms with van der Waals surface area (Å²) in [5.41, 5.74) is -0.175. The van der Waals surface area contributed by atoms with Crippen LogP contribution in [0.5, 0.6) is 5.75 Å². The first-order valence-corrected chi connectivity index (χ1v) is 13.1. The highest BCUT2D eigenvalue weighted by Gasteiger charge is 2.60. The van der Waals surface area contributed by atoms with Crippen LogP contribution < -0.4 is 4.74 Å². The molecule has 8 heteroatoms. The number of halogens is 2. The van der Waals surface area contributed by atoms with Gasteiger partial charge in [0, 0.05) is 19.8 Å². The fourth-order valence-electron chi connectivity index (χ4n) is 5.17. The number of unbranched alkanes of at least 4 members (excludes halogenated alkanes) is 1. The van der Waals surface area contributed by atoms with Gasteiger partial charge in [0.1, 0.15) is 17.2 Å². The Hall–Kier alpha value is -2.03. The van der Waals surface area contributed by atoms with E-state index in [0.29, 0.717) is 32.7 Å². The standard InChI is InChI=1S/C25H31F2NO4S/c1-2-3-16-31-17-8-15-28-14-7-13-25(33(29,30)19-9-5-4-6-10-19)22(28)18-32-24-21(27)12-11-20(26)23(24)25/h4-6,9-12,22H,2-3,7-8,13-18H2,1H3/t22-,25+/m1/s1. The molecule has 0 saturated carbocycles. The molecule has 4 rings (SSSR count). The Balaban J connectivity index is 1.75. The first-order valence-electron chi connectivity index (χ1n) is 11.7. The molecule has 1 fully saturated rings. The molecular formula is C25H31F2NO4S. The van der Waals surface area contributed by atoms with Crippen molar-refractivity contribution in [2.75, 3.05) is 32.9 Å². The Morgan fingerprint density at radius 2 is 1.82 bits per heavy atom. The largest absolute Gasteiger partial charge is 0.488 e. The molecule has 5 nitrogen and oxygen atoms in total.